The van der Waals surface area contributed by atoms with E-state index in [1.54, 1.807) is 0 Å². The van der Waals surface area contributed by atoms with Crippen LogP contribution in [0.3, 0.4) is 0 Å². The molecule has 0 aliphatic carbocycles. The van der Waals surface area contributed by atoms with Crippen molar-refractivity contribution >= 4 is 10.9 Å². The summed E-state index contributed by atoms with van der Waals surface area (Å²) in [5.74, 6) is 0.346. The van der Waals surface area contributed by atoms with Gasteiger partial charge in [-0.05, 0) is 23.6 Å². The van der Waals surface area contributed by atoms with Crippen LogP contribution in [0.5, 0.6) is 0 Å². The molecule has 0 aliphatic heterocycles. The smallest absolute Gasteiger partial charge is 0.0653 e. The molecule has 0 amide bonds. The summed E-state index contributed by atoms with van der Waals surface area (Å²) in [6.07, 6.45) is 2.70. The molecule has 0 unspecified atom stereocenters. The van der Waals surface area contributed by atoms with Crippen LogP contribution in [0, 0.1) is 6.92 Å². The first kappa shape index (κ1) is 11.0. The number of hydrogen-bond acceptors (Lipinski definition) is 1. The van der Waals surface area contributed by atoms with Gasteiger partial charge in [0.1, 0.15) is 0 Å². The summed E-state index contributed by atoms with van der Waals surface area (Å²) in [5, 5.41) is 8.23. The molecule has 1 N–H and O–H groups in total. The highest BCUT2D eigenvalue weighted by Gasteiger charge is 2.12. The molecule has 3 rings (SSSR count). The second-order valence-corrected chi connectivity index (χ2v) is 4.47. The Balaban J connectivity index is 2.05. The number of nitrogens with one attached hydrogen (secondary N) is 1. The Bertz CT molecular complexity index is 640. The number of nitrogens with zero attached hydrogens (tertiary/aromatic N) is 1. The third-order valence-corrected chi connectivity index (χ3v) is 3.36. The first-order valence-corrected chi connectivity index (χ1v) is 6.15. The zero-order valence-electron chi connectivity index (χ0n) is 10.1. The summed E-state index contributed by atoms with van der Waals surface area (Å²) in [4.78, 5) is 0. The van der Waals surface area contributed by atoms with Crippen molar-refractivity contribution in [3.05, 3.63) is 72.8 Å². The van der Waals surface area contributed by atoms with Crippen LogP contribution in [0.2, 0.25) is 0 Å². The van der Waals surface area contributed by atoms with E-state index in [1.807, 2.05) is 12.3 Å². The number of fused-ring (bicyclic) bond motifs is 1. The standard InChI is InChI=1S/C16H15N2/c1-2-15(12-6-4-3-5-7-12)13-8-9-14-11-17-18-16(14)10-13/h3-11,15H,1-2H2,(H,17,18)/t15-/m0/s1. The van der Waals surface area contributed by atoms with Crippen LogP contribution in [-0.4, -0.2) is 10.2 Å². The Kier molecular flexibility index (Phi) is 2.85. The van der Waals surface area contributed by atoms with Crippen LogP contribution < -0.4 is 0 Å². The summed E-state index contributed by atoms with van der Waals surface area (Å²) in [6.45, 7) is 4.08. The fraction of sp³-hybridized carbons (Fsp3) is 0.125. The molecule has 89 valence electrons. The first-order valence-electron chi connectivity index (χ1n) is 6.15. The molecule has 0 saturated carbocycles. The van der Waals surface area contributed by atoms with Gasteiger partial charge in [-0.2, -0.15) is 5.10 Å². The Morgan fingerprint density at radius 2 is 1.89 bits per heavy atom. The minimum Gasteiger partial charge on any atom is -0.278 e. The van der Waals surface area contributed by atoms with Crippen molar-refractivity contribution in [3.63, 3.8) is 0 Å². The normalized spacial score (nSPS) is 12.7. The van der Waals surface area contributed by atoms with Crippen LogP contribution in [0.25, 0.3) is 10.9 Å². The van der Waals surface area contributed by atoms with Crippen molar-refractivity contribution in [1.82, 2.24) is 10.2 Å². The van der Waals surface area contributed by atoms with Gasteiger partial charge in [-0.15, -0.1) is 0 Å². The van der Waals surface area contributed by atoms with Gasteiger partial charge in [-0.1, -0.05) is 49.4 Å². The van der Waals surface area contributed by atoms with E-state index in [0.717, 1.165) is 17.3 Å². The zero-order valence-corrected chi connectivity index (χ0v) is 10.1. The maximum atomic E-state index is 4.08. The average Bonchev–Trinajstić information content (AvgIpc) is 2.88. The van der Waals surface area contributed by atoms with Crippen LogP contribution >= 0.6 is 0 Å². The fourth-order valence-corrected chi connectivity index (χ4v) is 2.38. The van der Waals surface area contributed by atoms with Crippen molar-refractivity contribution in [2.45, 2.75) is 12.3 Å². The third-order valence-electron chi connectivity index (χ3n) is 3.36. The van der Waals surface area contributed by atoms with Crippen molar-refractivity contribution < 1.29 is 0 Å². The van der Waals surface area contributed by atoms with Gasteiger partial charge in [-0.25, -0.2) is 0 Å². The van der Waals surface area contributed by atoms with Crippen molar-refractivity contribution in [1.29, 1.82) is 0 Å². The van der Waals surface area contributed by atoms with E-state index in [2.05, 4.69) is 59.6 Å². The van der Waals surface area contributed by atoms with Gasteiger partial charge in [0.25, 0.3) is 0 Å². The highest BCUT2D eigenvalue weighted by Crippen LogP contribution is 2.29. The summed E-state index contributed by atoms with van der Waals surface area (Å²) in [5.41, 5.74) is 3.68. The predicted molar refractivity (Wildman–Crippen MR) is 74.4 cm³/mol. The molecule has 2 heteroatoms. The largest absolute Gasteiger partial charge is 0.278 e. The molecule has 0 saturated heterocycles. The van der Waals surface area contributed by atoms with E-state index in [4.69, 9.17) is 0 Å². The maximum absolute atomic E-state index is 4.08. The lowest BCUT2D eigenvalue weighted by Crippen LogP contribution is -1.99. The topological polar surface area (TPSA) is 28.7 Å². The molecule has 1 heterocycles. The quantitative estimate of drug-likeness (QED) is 0.732. The molecule has 0 aliphatic rings. The molecule has 1 atom stereocenters. The Morgan fingerprint density at radius 3 is 2.67 bits per heavy atom. The molecule has 0 bridgehead atoms. The van der Waals surface area contributed by atoms with Crippen LogP contribution in [0.4, 0.5) is 0 Å². The molecular weight excluding hydrogens is 220 g/mol. The summed E-state index contributed by atoms with van der Waals surface area (Å²) >= 11 is 0. The number of benzene rings is 2. The van der Waals surface area contributed by atoms with Crippen molar-refractivity contribution in [3.8, 4) is 0 Å². The van der Waals surface area contributed by atoms with Gasteiger partial charge in [0, 0.05) is 11.3 Å². The van der Waals surface area contributed by atoms with E-state index >= 15 is 0 Å². The molecule has 0 spiro atoms. The molecule has 18 heavy (non-hydrogen) atoms. The van der Waals surface area contributed by atoms with E-state index < -0.39 is 0 Å². The first-order chi connectivity index (χ1) is 8.88. The molecule has 0 fully saturated rings. The zero-order chi connectivity index (χ0) is 12.4. The predicted octanol–water partition coefficient (Wildman–Crippen LogP) is 3.92. The lowest BCUT2D eigenvalue weighted by Gasteiger charge is -2.15. The number of aromatic nitrogens is 2. The van der Waals surface area contributed by atoms with E-state index in [9.17, 15) is 0 Å². The van der Waals surface area contributed by atoms with E-state index in [-0.39, 0.29) is 0 Å². The van der Waals surface area contributed by atoms with Gasteiger partial charge >= 0.3 is 0 Å². The number of rotatable bonds is 3. The van der Waals surface area contributed by atoms with E-state index in [1.165, 1.54) is 11.1 Å². The van der Waals surface area contributed by atoms with Crippen molar-refractivity contribution in [2.75, 3.05) is 0 Å². The lowest BCUT2D eigenvalue weighted by molar-refractivity contribution is 0.828. The second-order valence-electron chi connectivity index (χ2n) is 4.47. The molecule has 2 aromatic carbocycles. The Hall–Kier alpha value is -2.09. The highest BCUT2D eigenvalue weighted by atomic mass is 15.1. The number of H-pyrrole nitrogens is 1. The lowest BCUT2D eigenvalue weighted by atomic mass is 9.89. The van der Waals surface area contributed by atoms with Crippen LogP contribution in [-0.2, 0) is 0 Å². The molecule has 1 radical (unpaired) electrons. The number of hydrogen-bond donors (Lipinski definition) is 1. The fourth-order valence-electron chi connectivity index (χ4n) is 2.38. The molecule has 2 nitrogen and oxygen atoms in total. The SMILES string of the molecule is [CH2]C[C@@H](c1ccccc1)c1ccc2cn[nH]c2c1. The molecular formula is C16H15N2. The van der Waals surface area contributed by atoms with Crippen LogP contribution in [0.1, 0.15) is 23.5 Å². The second kappa shape index (κ2) is 4.65. The van der Waals surface area contributed by atoms with Gasteiger partial charge in [-0.3, -0.25) is 5.10 Å². The van der Waals surface area contributed by atoms with E-state index in [0.29, 0.717) is 5.92 Å². The minimum absolute atomic E-state index is 0.346. The van der Waals surface area contributed by atoms with Gasteiger partial charge in [0.15, 0.2) is 0 Å². The summed E-state index contributed by atoms with van der Waals surface area (Å²) in [6, 6.07) is 17.0. The van der Waals surface area contributed by atoms with Crippen molar-refractivity contribution in [2.24, 2.45) is 0 Å². The summed E-state index contributed by atoms with van der Waals surface area (Å²) < 4.78 is 0. The van der Waals surface area contributed by atoms with Crippen LogP contribution in [0.15, 0.2) is 54.7 Å². The van der Waals surface area contributed by atoms with Gasteiger partial charge < -0.3 is 0 Å². The van der Waals surface area contributed by atoms with Gasteiger partial charge in [0.05, 0.1) is 11.7 Å². The molecule has 3 aromatic rings. The monoisotopic (exact) mass is 235 g/mol. The Labute approximate surface area is 107 Å². The Morgan fingerprint density at radius 1 is 1.06 bits per heavy atom. The summed E-state index contributed by atoms with van der Waals surface area (Å²) in [7, 11) is 0. The number of aromatic amines is 1. The van der Waals surface area contributed by atoms with Gasteiger partial charge in [0.2, 0.25) is 0 Å². The average molecular weight is 235 g/mol. The maximum Gasteiger partial charge on any atom is 0.0653 e. The minimum atomic E-state index is 0.346. The molecule has 1 aromatic heterocycles. The third kappa shape index (κ3) is 1.90. The highest BCUT2D eigenvalue weighted by molar-refractivity contribution is 5.78.